The minimum atomic E-state index is -4.42. The average Bonchev–Trinajstić information content (AvgIpc) is 3.08. The highest BCUT2D eigenvalue weighted by Gasteiger charge is 2.34. The molecule has 0 atom stereocenters. The number of fused-ring (bicyclic) bond motifs is 2. The van der Waals surface area contributed by atoms with Crippen LogP contribution in [-0.4, -0.2) is 52.8 Å². The van der Waals surface area contributed by atoms with Crippen LogP contribution >= 0.6 is 11.8 Å². The summed E-state index contributed by atoms with van der Waals surface area (Å²) < 4.78 is 40.6. The van der Waals surface area contributed by atoms with E-state index in [1.54, 1.807) is 0 Å². The van der Waals surface area contributed by atoms with E-state index >= 15 is 0 Å². The number of rotatable bonds is 5. The number of anilines is 3. The highest BCUT2D eigenvalue weighted by molar-refractivity contribution is 7.98. The molecule has 6 nitrogen and oxygen atoms in total. The highest BCUT2D eigenvalue weighted by Crippen LogP contribution is 2.41. The molecule has 0 bridgehead atoms. The van der Waals surface area contributed by atoms with Crippen LogP contribution in [0.5, 0.6) is 0 Å². The monoisotopic (exact) mass is 542 g/mol. The van der Waals surface area contributed by atoms with Crippen LogP contribution in [0.25, 0.3) is 0 Å². The summed E-state index contributed by atoms with van der Waals surface area (Å²) in [5.74, 6) is 0.771. The Morgan fingerprint density at radius 1 is 1.08 bits per heavy atom. The zero-order valence-corrected chi connectivity index (χ0v) is 23.0. The molecule has 0 amide bonds. The fourth-order valence-electron chi connectivity index (χ4n) is 5.35. The molecule has 4 heterocycles. The van der Waals surface area contributed by atoms with Gasteiger partial charge in [0.2, 0.25) is 0 Å². The van der Waals surface area contributed by atoms with Crippen molar-refractivity contribution in [3.05, 3.63) is 64.6 Å². The molecule has 0 saturated carbocycles. The van der Waals surface area contributed by atoms with E-state index in [4.69, 9.17) is 9.97 Å². The van der Waals surface area contributed by atoms with Gasteiger partial charge in [0.15, 0.2) is 5.16 Å². The van der Waals surface area contributed by atoms with Crippen molar-refractivity contribution >= 4 is 29.0 Å². The standard InChI is InChI=1S/C28H33F3N6S/c1-27(2)11-15-36(3)24-16-18(7-8-21(24)27)33-25-19-9-13-37(14-10-22(19)34-26(35-25)38-4)17-23-20(28(29,30)31)6-5-12-32-23/h5-8,12,16H,9-11,13-15,17H2,1-4H3,(H,33,34,35). The van der Waals surface area contributed by atoms with Gasteiger partial charge in [0.1, 0.15) is 5.82 Å². The van der Waals surface area contributed by atoms with E-state index in [1.165, 1.54) is 35.3 Å². The van der Waals surface area contributed by atoms with Gasteiger partial charge >= 0.3 is 6.18 Å². The average molecular weight is 543 g/mol. The third kappa shape index (κ3) is 5.47. The van der Waals surface area contributed by atoms with Crippen molar-refractivity contribution in [2.24, 2.45) is 0 Å². The Labute approximate surface area is 226 Å². The quantitative estimate of drug-likeness (QED) is 0.310. The number of pyridine rings is 1. The summed E-state index contributed by atoms with van der Waals surface area (Å²) in [4.78, 5) is 18.0. The first-order valence-electron chi connectivity index (χ1n) is 12.8. The highest BCUT2D eigenvalue weighted by atomic mass is 32.2. The van der Waals surface area contributed by atoms with Crippen molar-refractivity contribution in [3.63, 3.8) is 0 Å². The second kappa shape index (κ2) is 10.4. The van der Waals surface area contributed by atoms with Gasteiger partial charge in [0.25, 0.3) is 0 Å². The normalized spacial score (nSPS) is 17.5. The number of halogens is 3. The van der Waals surface area contributed by atoms with E-state index in [1.807, 2.05) is 11.2 Å². The van der Waals surface area contributed by atoms with Crippen LogP contribution in [0, 0.1) is 0 Å². The van der Waals surface area contributed by atoms with Crippen molar-refractivity contribution < 1.29 is 13.2 Å². The van der Waals surface area contributed by atoms with Gasteiger partial charge in [-0.2, -0.15) is 13.2 Å². The lowest BCUT2D eigenvalue weighted by atomic mass is 9.78. The largest absolute Gasteiger partial charge is 0.418 e. The smallest absolute Gasteiger partial charge is 0.374 e. The Kier molecular flexibility index (Phi) is 7.30. The number of alkyl halides is 3. The molecule has 0 saturated heterocycles. The van der Waals surface area contributed by atoms with Crippen molar-refractivity contribution in [2.75, 3.05) is 43.2 Å². The van der Waals surface area contributed by atoms with Gasteiger partial charge in [-0.05, 0) is 54.3 Å². The molecular formula is C28H33F3N6S. The maximum absolute atomic E-state index is 13.5. The molecular weight excluding hydrogens is 509 g/mol. The first-order valence-corrected chi connectivity index (χ1v) is 14.1. The number of aromatic nitrogens is 3. The van der Waals surface area contributed by atoms with Crippen LogP contribution in [0.1, 0.15) is 48.3 Å². The van der Waals surface area contributed by atoms with Crippen molar-refractivity contribution in [1.82, 2.24) is 19.9 Å². The molecule has 3 aromatic rings. The first-order chi connectivity index (χ1) is 18.0. The summed E-state index contributed by atoms with van der Waals surface area (Å²) in [6, 6.07) is 8.93. The number of nitrogens with zero attached hydrogens (tertiary/aromatic N) is 5. The lowest BCUT2D eigenvalue weighted by molar-refractivity contribution is -0.138. The number of nitrogens with one attached hydrogen (secondary N) is 1. The molecule has 0 unspecified atom stereocenters. The minimum absolute atomic E-state index is 0.0568. The molecule has 0 fully saturated rings. The van der Waals surface area contributed by atoms with Gasteiger partial charge in [-0.1, -0.05) is 31.7 Å². The first kappa shape index (κ1) is 26.7. The summed E-state index contributed by atoms with van der Waals surface area (Å²) in [6.45, 7) is 6.92. The lowest BCUT2D eigenvalue weighted by Crippen LogP contribution is -2.34. The molecule has 1 aromatic carbocycles. The summed E-state index contributed by atoms with van der Waals surface area (Å²) >= 11 is 1.49. The summed E-state index contributed by atoms with van der Waals surface area (Å²) in [6.07, 6.45) is 1.33. The summed E-state index contributed by atoms with van der Waals surface area (Å²) in [5.41, 5.74) is 5.00. The van der Waals surface area contributed by atoms with Crippen LogP contribution in [0.3, 0.4) is 0 Å². The van der Waals surface area contributed by atoms with Gasteiger partial charge in [-0.25, -0.2) is 9.97 Å². The second-order valence-electron chi connectivity index (χ2n) is 10.7. The second-order valence-corrected chi connectivity index (χ2v) is 11.4. The molecule has 202 valence electrons. The topological polar surface area (TPSA) is 57.2 Å². The lowest BCUT2D eigenvalue weighted by Gasteiger charge is -2.38. The van der Waals surface area contributed by atoms with Gasteiger partial charge < -0.3 is 10.2 Å². The molecule has 0 aliphatic carbocycles. The maximum Gasteiger partial charge on any atom is 0.418 e. The zero-order chi connectivity index (χ0) is 27.1. The van der Waals surface area contributed by atoms with E-state index < -0.39 is 11.7 Å². The molecule has 1 N–H and O–H groups in total. The van der Waals surface area contributed by atoms with E-state index in [-0.39, 0.29) is 17.7 Å². The molecule has 0 spiro atoms. The molecule has 5 rings (SSSR count). The van der Waals surface area contributed by atoms with Crippen LogP contribution in [0.2, 0.25) is 0 Å². The molecule has 10 heteroatoms. The Balaban J connectivity index is 1.40. The van der Waals surface area contributed by atoms with Crippen LogP contribution in [0.15, 0.2) is 41.7 Å². The van der Waals surface area contributed by atoms with Crippen LogP contribution in [0.4, 0.5) is 30.4 Å². The van der Waals surface area contributed by atoms with Gasteiger partial charge in [0.05, 0.1) is 17.0 Å². The fourth-order valence-corrected chi connectivity index (χ4v) is 5.73. The number of benzene rings is 1. The van der Waals surface area contributed by atoms with Crippen molar-refractivity contribution in [2.45, 2.75) is 56.4 Å². The predicted molar refractivity (Wildman–Crippen MR) is 146 cm³/mol. The Morgan fingerprint density at radius 2 is 1.87 bits per heavy atom. The van der Waals surface area contributed by atoms with Crippen LogP contribution in [-0.2, 0) is 31.0 Å². The minimum Gasteiger partial charge on any atom is -0.374 e. The molecule has 2 aromatic heterocycles. The van der Waals surface area contributed by atoms with E-state index in [2.05, 4.69) is 54.3 Å². The van der Waals surface area contributed by atoms with Gasteiger partial charge in [-0.3, -0.25) is 9.88 Å². The molecule has 2 aliphatic heterocycles. The van der Waals surface area contributed by atoms with Gasteiger partial charge in [0, 0.05) is 62.8 Å². The molecule has 38 heavy (non-hydrogen) atoms. The number of hydrogen-bond acceptors (Lipinski definition) is 7. The predicted octanol–water partition coefficient (Wildman–Crippen LogP) is 6.07. The zero-order valence-electron chi connectivity index (χ0n) is 22.2. The van der Waals surface area contributed by atoms with E-state index in [0.717, 1.165) is 41.8 Å². The fraction of sp³-hybridized carbons (Fsp3) is 0.464. The SMILES string of the molecule is CSc1nc2c(c(Nc3ccc4c(c3)N(C)CCC4(C)C)n1)CCN(Cc1ncccc1C(F)(F)F)CC2. The molecule has 2 aliphatic rings. The number of thioether (sulfide) groups is 1. The Morgan fingerprint density at radius 3 is 2.63 bits per heavy atom. The summed E-state index contributed by atoms with van der Waals surface area (Å²) in [5, 5.41) is 4.24. The van der Waals surface area contributed by atoms with Crippen molar-refractivity contribution in [1.29, 1.82) is 0 Å². The maximum atomic E-state index is 13.5. The van der Waals surface area contributed by atoms with Crippen LogP contribution < -0.4 is 10.2 Å². The van der Waals surface area contributed by atoms with Crippen molar-refractivity contribution in [3.8, 4) is 0 Å². The Hall–Kier alpha value is -2.85. The third-order valence-corrected chi connectivity index (χ3v) is 8.19. The van der Waals surface area contributed by atoms with E-state index in [9.17, 15) is 13.2 Å². The van der Waals surface area contributed by atoms with E-state index in [0.29, 0.717) is 31.1 Å². The summed E-state index contributed by atoms with van der Waals surface area (Å²) in [7, 11) is 2.13. The molecule has 0 radical (unpaired) electrons. The number of hydrogen-bond donors (Lipinski definition) is 1. The van der Waals surface area contributed by atoms with Gasteiger partial charge in [-0.15, -0.1) is 0 Å². The Bertz CT molecular complexity index is 1330. The third-order valence-electron chi connectivity index (χ3n) is 7.64.